The van der Waals surface area contributed by atoms with E-state index in [4.69, 9.17) is 16.3 Å². The Labute approximate surface area is 162 Å². The summed E-state index contributed by atoms with van der Waals surface area (Å²) in [5.41, 5.74) is -0.131. The van der Waals surface area contributed by atoms with Crippen LogP contribution in [0, 0.1) is 16.0 Å². The van der Waals surface area contributed by atoms with Gasteiger partial charge in [-0.1, -0.05) is 25.4 Å². The molecule has 8 nitrogen and oxygen atoms in total. The maximum atomic E-state index is 12.6. The third kappa shape index (κ3) is 5.40. The Morgan fingerprint density at radius 2 is 2.00 bits per heavy atom. The average Bonchev–Trinajstić information content (AvgIpc) is 3.13. The Morgan fingerprint density at radius 1 is 1.30 bits per heavy atom. The number of rotatable bonds is 7. The van der Waals surface area contributed by atoms with Gasteiger partial charge in [-0.3, -0.25) is 19.7 Å². The number of carbonyl (C=O) groups is 2. The zero-order valence-corrected chi connectivity index (χ0v) is 16.3. The minimum Gasteiger partial charge on any atom is -0.376 e. The number of halogens is 1. The average molecular weight is 398 g/mol. The van der Waals surface area contributed by atoms with Crippen molar-refractivity contribution in [1.82, 2.24) is 10.6 Å². The fourth-order valence-corrected chi connectivity index (χ4v) is 3.22. The molecule has 1 fully saturated rings. The van der Waals surface area contributed by atoms with Crippen LogP contribution in [-0.2, 0) is 9.53 Å². The fourth-order valence-electron chi connectivity index (χ4n) is 2.96. The summed E-state index contributed by atoms with van der Waals surface area (Å²) < 4.78 is 5.58. The van der Waals surface area contributed by atoms with Gasteiger partial charge in [0.15, 0.2) is 0 Å². The standard InChI is InChI=1S/C18H24ClN3O5/c1-10(2)16(18(24)20-11(3)15-5-4-8-27-15)21-17(23)13-7-6-12(22(25)26)9-14(13)19/h6-7,9-11,15-16H,4-5,8H2,1-3H3,(H,20,24)(H,21,23)/t11-,15-,16-/m0/s1. The van der Waals surface area contributed by atoms with Crippen molar-refractivity contribution < 1.29 is 19.2 Å². The first-order chi connectivity index (χ1) is 12.7. The van der Waals surface area contributed by atoms with E-state index in [-0.39, 0.29) is 40.2 Å². The zero-order chi connectivity index (χ0) is 20.1. The molecular formula is C18H24ClN3O5. The zero-order valence-electron chi connectivity index (χ0n) is 15.5. The Hall–Kier alpha value is -2.19. The van der Waals surface area contributed by atoms with E-state index in [1.165, 1.54) is 12.1 Å². The first-order valence-electron chi connectivity index (χ1n) is 8.87. The van der Waals surface area contributed by atoms with Gasteiger partial charge in [0.05, 0.1) is 27.7 Å². The summed E-state index contributed by atoms with van der Waals surface area (Å²) in [6.07, 6.45) is 1.83. The van der Waals surface area contributed by atoms with Crippen LogP contribution in [0.5, 0.6) is 0 Å². The lowest BCUT2D eigenvalue weighted by Crippen LogP contribution is -2.53. The van der Waals surface area contributed by atoms with Gasteiger partial charge in [0, 0.05) is 18.7 Å². The fraction of sp³-hybridized carbons (Fsp3) is 0.556. The SMILES string of the molecule is CC(C)[C@H](NC(=O)c1ccc([N+](=O)[O-])cc1Cl)C(=O)N[C@@H](C)[C@@H]1CCCO1. The van der Waals surface area contributed by atoms with E-state index in [1.807, 2.05) is 20.8 Å². The highest BCUT2D eigenvalue weighted by molar-refractivity contribution is 6.34. The van der Waals surface area contributed by atoms with Crippen molar-refractivity contribution in [3.63, 3.8) is 0 Å². The van der Waals surface area contributed by atoms with Crippen molar-refractivity contribution in [2.75, 3.05) is 6.61 Å². The summed E-state index contributed by atoms with van der Waals surface area (Å²) in [7, 11) is 0. The monoisotopic (exact) mass is 397 g/mol. The minimum atomic E-state index is -0.771. The van der Waals surface area contributed by atoms with Gasteiger partial charge in [0.25, 0.3) is 11.6 Å². The Balaban J connectivity index is 2.07. The number of nitrogens with zero attached hydrogens (tertiary/aromatic N) is 1. The highest BCUT2D eigenvalue weighted by Crippen LogP contribution is 2.23. The van der Waals surface area contributed by atoms with E-state index in [2.05, 4.69) is 10.6 Å². The maximum Gasteiger partial charge on any atom is 0.270 e. The molecule has 0 unspecified atom stereocenters. The van der Waals surface area contributed by atoms with Crippen molar-refractivity contribution in [3.05, 3.63) is 38.9 Å². The molecule has 0 saturated carbocycles. The third-order valence-electron chi connectivity index (χ3n) is 4.54. The molecule has 0 aliphatic carbocycles. The van der Waals surface area contributed by atoms with Gasteiger partial charge in [-0.05, 0) is 31.7 Å². The number of nitrogens with one attached hydrogen (secondary N) is 2. The lowest BCUT2D eigenvalue weighted by Gasteiger charge is -2.26. The van der Waals surface area contributed by atoms with Crippen molar-refractivity contribution in [2.45, 2.75) is 51.8 Å². The summed E-state index contributed by atoms with van der Waals surface area (Å²) >= 11 is 6.00. The molecule has 1 saturated heterocycles. The Bertz CT molecular complexity index is 719. The molecule has 148 valence electrons. The number of nitro groups is 1. The third-order valence-corrected chi connectivity index (χ3v) is 4.85. The molecule has 27 heavy (non-hydrogen) atoms. The number of carbonyl (C=O) groups excluding carboxylic acids is 2. The number of non-ortho nitro benzene ring substituents is 1. The van der Waals surface area contributed by atoms with Crippen LogP contribution in [0.15, 0.2) is 18.2 Å². The van der Waals surface area contributed by atoms with Gasteiger partial charge in [-0.15, -0.1) is 0 Å². The van der Waals surface area contributed by atoms with Crippen LogP contribution >= 0.6 is 11.6 Å². The van der Waals surface area contributed by atoms with E-state index in [1.54, 1.807) is 0 Å². The van der Waals surface area contributed by atoms with E-state index < -0.39 is 16.9 Å². The predicted molar refractivity (Wildman–Crippen MR) is 101 cm³/mol. The topological polar surface area (TPSA) is 111 Å². The smallest absolute Gasteiger partial charge is 0.270 e. The van der Waals surface area contributed by atoms with Crippen molar-refractivity contribution in [1.29, 1.82) is 0 Å². The lowest BCUT2D eigenvalue weighted by atomic mass is 10.0. The summed E-state index contributed by atoms with van der Waals surface area (Å²) in [6.45, 7) is 6.20. The van der Waals surface area contributed by atoms with Crippen molar-refractivity contribution in [3.8, 4) is 0 Å². The molecule has 0 bridgehead atoms. The van der Waals surface area contributed by atoms with E-state index >= 15 is 0 Å². The van der Waals surface area contributed by atoms with Crippen molar-refractivity contribution >= 4 is 29.1 Å². The van der Waals surface area contributed by atoms with Gasteiger partial charge in [0.1, 0.15) is 6.04 Å². The summed E-state index contributed by atoms with van der Waals surface area (Å²) in [5, 5.41) is 16.3. The van der Waals surface area contributed by atoms with Gasteiger partial charge in [0.2, 0.25) is 5.91 Å². The number of nitro benzene ring substituents is 1. The second-order valence-electron chi connectivity index (χ2n) is 6.97. The summed E-state index contributed by atoms with van der Waals surface area (Å²) in [6, 6.07) is 2.65. The Kier molecular flexibility index (Phi) is 7.15. The number of ether oxygens (including phenoxy) is 1. The second-order valence-corrected chi connectivity index (χ2v) is 7.37. The molecular weight excluding hydrogens is 374 g/mol. The largest absolute Gasteiger partial charge is 0.376 e. The number of amides is 2. The maximum absolute atomic E-state index is 12.6. The summed E-state index contributed by atoms with van der Waals surface area (Å²) in [5.74, 6) is -1.03. The summed E-state index contributed by atoms with van der Waals surface area (Å²) in [4.78, 5) is 35.4. The molecule has 1 aliphatic rings. The number of benzene rings is 1. The normalized spacial score (nSPS) is 18.8. The Morgan fingerprint density at radius 3 is 2.52 bits per heavy atom. The van der Waals surface area contributed by atoms with E-state index in [9.17, 15) is 19.7 Å². The molecule has 1 aliphatic heterocycles. The number of hydrogen-bond acceptors (Lipinski definition) is 5. The van der Waals surface area contributed by atoms with Crippen LogP contribution in [0.4, 0.5) is 5.69 Å². The lowest BCUT2D eigenvalue weighted by molar-refractivity contribution is -0.384. The molecule has 9 heteroatoms. The highest BCUT2D eigenvalue weighted by atomic mass is 35.5. The molecule has 2 amide bonds. The van der Waals surface area contributed by atoms with E-state index in [0.717, 1.165) is 18.9 Å². The molecule has 3 atom stereocenters. The molecule has 2 N–H and O–H groups in total. The molecule has 0 spiro atoms. The first kappa shape index (κ1) is 21.1. The molecule has 2 rings (SSSR count). The number of hydrogen-bond donors (Lipinski definition) is 2. The van der Waals surface area contributed by atoms with Crippen LogP contribution in [-0.4, -0.2) is 41.5 Å². The van der Waals surface area contributed by atoms with Gasteiger partial charge < -0.3 is 15.4 Å². The van der Waals surface area contributed by atoms with Crippen LogP contribution in [0.3, 0.4) is 0 Å². The molecule has 1 aromatic carbocycles. The van der Waals surface area contributed by atoms with Gasteiger partial charge in [-0.2, -0.15) is 0 Å². The molecule has 0 radical (unpaired) electrons. The molecule has 0 aromatic heterocycles. The van der Waals surface area contributed by atoms with E-state index in [0.29, 0.717) is 6.61 Å². The molecule has 1 heterocycles. The van der Waals surface area contributed by atoms with Crippen molar-refractivity contribution in [2.24, 2.45) is 5.92 Å². The first-order valence-corrected chi connectivity index (χ1v) is 9.25. The van der Waals surface area contributed by atoms with Gasteiger partial charge >= 0.3 is 0 Å². The molecule has 1 aromatic rings. The van der Waals surface area contributed by atoms with Gasteiger partial charge in [-0.25, -0.2) is 0 Å². The highest BCUT2D eigenvalue weighted by Gasteiger charge is 2.30. The second kappa shape index (κ2) is 9.14. The predicted octanol–water partition coefficient (Wildman–Crippen LogP) is 2.69. The minimum absolute atomic E-state index is 0.0263. The van der Waals surface area contributed by atoms with Crippen LogP contribution in [0.1, 0.15) is 44.0 Å². The quantitative estimate of drug-likeness (QED) is 0.542. The van der Waals surface area contributed by atoms with Crippen LogP contribution in [0.25, 0.3) is 0 Å². The van der Waals surface area contributed by atoms with Crippen LogP contribution < -0.4 is 10.6 Å². The van der Waals surface area contributed by atoms with Crippen LogP contribution in [0.2, 0.25) is 5.02 Å².